The predicted molar refractivity (Wildman–Crippen MR) is 33.9 cm³/mol. The molecule has 1 aliphatic heterocycles. The van der Waals surface area contributed by atoms with E-state index < -0.39 is 0 Å². The second-order valence-corrected chi connectivity index (χ2v) is 1.79. The van der Waals surface area contributed by atoms with Crippen molar-refractivity contribution in [2.24, 2.45) is 4.99 Å². The van der Waals surface area contributed by atoms with Crippen LogP contribution in [0, 0.1) is 0 Å². The lowest BCUT2D eigenvalue weighted by atomic mass is 10.4. The van der Waals surface area contributed by atoms with Gasteiger partial charge in [-0.25, -0.2) is 0 Å². The third kappa shape index (κ3) is 1.26. The summed E-state index contributed by atoms with van der Waals surface area (Å²) in [5, 5.41) is 2.98. The van der Waals surface area contributed by atoms with Gasteiger partial charge in [0.05, 0.1) is 0 Å². The summed E-state index contributed by atoms with van der Waals surface area (Å²) >= 11 is 5.24. The van der Waals surface area contributed by atoms with Crippen LogP contribution in [0.4, 0.5) is 0 Å². The Morgan fingerprint density at radius 1 is 1.75 bits per heavy atom. The fourth-order valence-corrected chi connectivity index (χ4v) is 0.722. The normalized spacial score (nSPS) is 18.9. The van der Waals surface area contributed by atoms with Gasteiger partial charge < -0.3 is 5.32 Å². The number of halogens is 1. The molecule has 4 heteroatoms. The van der Waals surface area contributed by atoms with E-state index in [-0.39, 0.29) is 0 Å². The number of nitrogens with one attached hydrogen (secondary N) is 2. The summed E-state index contributed by atoms with van der Waals surface area (Å²) in [6, 6.07) is 0. The van der Waals surface area contributed by atoms with Crippen LogP contribution in [-0.4, -0.2) is 19.0 Å². The van der Waals surface area contributed by atoms with Crippen LogP contribution in [0.1, 0.15) is 6.42 Å². The summed E-state index contributed by atoms with van der Waals surface area (Å²) < 4.78 is 0. The summed E-state index contributed by atoms with van der Waals surface area (Å²) in [6.45, 7) is 1.85. The van der Waals surface area contributed by atoms with Crippen molar-refractivity contribution in [3.63, 3.8) is 0 Å². The molecule has 0 fully saturated rings. The maximum absolute atomic E-state index is 5.24. The first-order chi connectivity index (χ1) is 3.93. The van der Waals surface area contributed by atoms with Gasteiger partial charge in [0, 0.05) is 24.9 Å². The van der Waals surface area contributed by atoms with Gasteiger partial charge in [-0.2, -0.15) is 0 Å². The first kappa shape index (κ1) is 5.69. The van der Waals surface area contributed by atoms with Crippen molar-refractivity contribution in [1.82, 2.24) is 10.2 Å². The van der Waals surface area contributed by atoms with Gasteiger partial charge in [0.1, 0.15) is 0 Å². The van der Waals surface area contributed by atoms with Crippen molar-refractivity contribution >= 4 is 17.7 Å². The van der Waals surface area contributed by atoms with E-state index in [1.807, 2.05) is 0 Å². The van der Waals surface area contributed by atoms with Crippen molar-refractivity contribution in [2.45, 2.75) is 6.42 Å². The minimum absolute atomic E-state index is 0.693. The SMILES string of the molecule is ClNC1=NCCCN1. The van der Waals surface area contributed by atoms with Crippen LogP contribution in [0.25, 0.3) is 0 Å². The Labute approximate surface area is 53.2 Å². The molecule has 0 aliphatic carbocycles. The molecule has 0 atom stereocenters. The zero-order chi connectivity index (χ0) is 5.82. The maximum Gasteiger partial charge on any atom is 0.206 e. The molecule has 0 aromatic rings. The molecule has 2 N–H and O–H groups in total. The van der Waals surface area contributed by atoms with E-state index in [1.54, 1.807) is 0 Å². The average molecular weight is 134 g/mol. The molecule has 0 amide bonds. The van der Waals surface area contributed by atoms with Crippen LogP contribution >= 0.6 is 11.8 Å². The number of guanidine groups is 1. The molecule has 3 nitrogen and oxygen atoms in total. The highest BCUT2D eigenvalue weighted by molar-refractivity contribution is 6.21. The van der Waals surface area contributed by atoms with Gasteiger partial charge in [-0.05, 0) is 6.42 Å². The number of nitrogens with zero attached hydrogens (tertiary/aromatic N) is 1. The number of hydrogen-bond donors (Lipinski definition) is 2. The first-order valence-corrected chi connectivity index (χ1v) is 2.96. The van der Waals surface area contributed by atoms with Gasteiger partial charge in [0.15, 0.2) is 0 Å². The first-order valence-electron chi connectivity index (χ1n) is 2.58. The van der Waals surface area contributed by atoms with E-state index in [9.17, 15) is 0 Å². The van der Waals surface area contributed by atoms with E-state index in [0.717, 1.165) is 19.5 Å². The number of rotatable bonds is 0. The summed E-state index contributed by atoms with van der Waals surface area (Å²) in [6.07, 6.45) is 1.10. The predicted octanol–water partition coefficient (Wildman–Crippen LogP) is 0.0791. The highest BCUT2D eigenvalue weighted by Gasteiger charge is 1.98. The Morgan fingerprint density at radius 2 is 2.62 bits per heavy atom. The zero-order valence-electron chi connectivity index (χ0n) is 4.45. The lowest BCUT2D eigenvalue weighted by Gasteiger charge is -2.11. The molecule has 0 aromatic heterocycles. The second-order valence-electron chi connectivity index (χ2n) is 1.61. The van der Waals surface area contributed by atoms with Crippen molar-refractivity contribution in [3.8, 4) is 0 Å². The van der Waals surface area contributed by atoms with E-state index in [1.165, 1.54) is 0 Å². The monoisotopic (exact) mass is 133 g/mol. The highest BCUT2D eigenvalue weighted by atomic mass is 35.5. The standard InChI is InChI=1S/C4H8ClN3/c5-8-4-6-2-1-3-7-4/h1-3H2,(H2,6,7,8). The Hall–Kier alpha value is -0.440. The number of hydrogen-bond acceptors (Lipinski definition) is 3. The molecule has 0 saturated carbocycles. The molecular weight excluding hydrogens is 126 g/mol. The van der Waals surface area contributed by atoms with Crippen LogP contribution < -0.4 is 10.2 Å². The third-order valence-corrected chi connectivity index (χ3v) is 1.17. The van der Waals surface area contributed by atoms with Gasteiger partial charge in [0.25, 0.3) is 0 Å². The fraction of sp³-hybridized carbons (Fsp3) is 0.750. The zero-order valence-corrected chi connectivity index (χ0v) is 5.20. The molecular formula is C4H8ClN3. The van der Waals surface area contributed by atoms with Crippen LogP contribution in [0.5, 0.6) is 0 Å². The van der Waals surface area contributed by atoms with Gasteiger partial charge in [-0.3, -0.25) is 9.83 Å². The smallest absolute Gasteiger partial charge is 0.206 e. The van der Waals surface area contributed by atoms with Crippen LogP contribution in [-0.2, 0) is 0 Å². The summed E-state index contributed by atoms with van der Waals surface area (Å²) in [7, 11) is 0. The van der Waals surface area contributed by atoms with E-state index >= 15 is 0 Å². The van der Waals surface area contributed by atoms with Crippen LogP contribution in [0.2, 0.25) is 0 Å². The molecule has 46 valence electrons. The van der Waals surface area contributed by atoms with Crippen LogP contribution in [0.3, 0.4) is 0 Å². The lowest BCUT2D eigenvalue weighted by molar-refractivity contribution is 0.730. The molecule has 1 rings (SSSR count). The topological polar surface area (TPSA) is 36.4 Å². The fourth-order valence-electron chi connectivity index (χ4n) is 0.596. The molecule has 0 aromatic carbocycles. The molecule has 0 radical (unpaired) electrons. The third-order valence-electron chi connectivity index (χ3n) is 0.987. The quantitative estimate of drug-likeness (QED) is 0.459. The summed E-state index contributed by atoms with van der Waals surface area (Å²) in [5.41, 5.74) is 0. The minimum atomic E-state index is 0.693. The summed E-state index contributed by atoms with van der Waals surface area (Å²) in [4.78, 5) is 6.43. The van der Waals surface area contributed by atoms with E-state index in [0.29, 0.717) is 5.96 Å². The Bertz CT molecular complexity index is 101. The van der Waals surface area contributed by atoms with Gasteiger partial charge in [-0.1, -0.05) is 0 Å². The lowest BCUT2D eigenvalue weighted by Crippen LogP contribution is -2.36. The molecule has 0 spiro atoms. The van der Waals surface area contributed by atoms with Crippen molar-refractivity contribution in [3.05, 3.63) is 0 Å². The van der Waals surface area contributed by atoms with Crippen molar-refractivity contribution in [2.75, 3.05) is 13.1 Å². The number of aliphatic imine (C=N–C) groups is 1. The van der Waals surface area contributed by atoms with Crippen LogP contribution in [0.15, 0.2) is 4.99 Å². The van der Waals surface area contributed by atoms with E-state index in [2.05, 4.69) is 15.1 Å². The minimum Gasteiger partial charge on any atom is -0.355 e. The molecule has 8 heavy (non-hydrogen) atoms. The van der Waals surface area contributed by atoms with Crippen molar-refractivity contribution in [1.29, 1.82) is 0 Å². The highest BCUT2D eigenvalue weighted by Crippen LogP contribution is 1.86. The van der Waals surface area contributed by atoms with Gasteiger partial charge in [-0.15, -0.1) is 0 Å². The second kappa shape index (κ2) is 2.77. The molecule has 1 heterocycles. The van der Waals surface area contributed by atoms with E-state index in [4.69, 9.17) is 11.8 Å². The maximum atomic E-state index is 5.24. The Kier molecular flexibility index (Phi) is 1.97. The molecule has 0 unspecified atom stereocenters. The molecule has 0 bridgehead atoms. The average Bonchev–Trinajstić information content (AvgIpc) is 1.90. The molecule has 0 saturated heterocycles. The largest absolute Gasteiger partial charge is 0.355 e. The Morgan fingerprint density at radius 3 is 3.00 bits per heavy atom. The van der Waals surface area contributed by atoms with Gasteiger partial charge >= 0.3 is 0 Å². The van der Waals surface area contributed by atoms with Crippen molar-refractivity contribution < 1.29 is 0 Å². The summed E-state index contributed by atoms with van der Waals surface area (Å²) in [5.74, 6) is 0.693. The van der Waals surface area contributed by atoms with Gasteiger partial charge in [0.2, 0.25) is 5.96 Å². The Balaban J connectivity index is 2.37. The molecule has 1 aliphatic rings.